The van der Waals surface area contributed by atoms with E-state index in [2.05, 4.69) is 0 Å². The van der Waals surface area contributed by atoms with Crippen LogP contribution in [0.25, 0.3) is 0 Å². The molecule has 1 rings (SSSR count). The summed E-state index contributed by atoms with van der Waals surface area (Å²) in [4.78, 5) is 22.2. The average Bonchev–Trinajstić information content (AvgIpc) is 2.90. The second kappa shape index (κ2) is 13.2. The molecule has 5 heteroatoms. The zero-order valence-electron chi connectivity index (χ0n) is 16.0. The first kappa shape index (κ1) is 23.1. The number of carbonyl (C=O) groups is 2. The van der Waals surface area contributed by atoms with Gasteiger partial charge < -0.3 is 15.3 Å². The van der Waals surface area contributed by atoms with E-state index in [1.54, 1.807) is 12.2 Å². The van der Waals surface area contributed by atoms with Gasteiger partial charge in [-0.15, -0.1) is 0 Å². The van der Waals surface area contributed by atoms with Gasteiger partial charge in [-0.25, -0.2) is 0 Å². The Bertz CT molecular complexity index is 573. The molecule has 0 spiro atoms. The molecule has 5 nitrogen and oxygen atoms in total. The maximum atomic E-state index is 11.9. The first-order valence-corrected chi connectivity index (χ1v) is 9.69. The highest BCUT2D eigenvalue weighted by Crippen LogP contribution is 2.32. The number of aliphatic carboxylic acids is 1. The largest absolute Gasteiger partial charge is 0.481 e. The van der Waals surface area contributed by atoms with Crippen LogP contribution in [0.15, 0.2) is 48.6 Å². The molecule has 0 saturated heterocycles. The minimum atomic E-state index is -0.782. The third-order valence-electron chi connectivity index (χ3n) is 4.70. The van der Waals surface area contributed by atoms with Gasteiger partial charge >= 0.3 is 5.97 Å². The van der Waals surface area contributed by atoms with E-state index in [-0.39, 0.29) is 30.5 Å². The van der Waals surface area contributed by atoms with Crippen molar-refractivity contribution in [1.82, 2.24) is 0 Å². The second-order valence-corrected chi connectivity index (χ2v) is 6.84. The van der Waals surface area contributed by atoms with Crippen molar-refractivity contribution in [3.63, 3.8) is 0 Å². The number of carboxylic acids is 1. The van der Waals surface area contributed by atoms with Crippen molar-refractivity contribution in [2.45, 2.75) is 64.1 Å². The van der Waals surface area contributed by atoms with Crippen molar-refractivity contribution in [3.8, 4) is 0 Å². The van der Waals surface area contributed by atoms with E-state index in [0.717, 1.165) is 19.3 Å². The van der Waals surface area contributed by atoms with E-state index in [1.165, 1.54) is 0 Å². The van der Waals surface area contributed by atoms with Crippen molar-refractivity contribution >= 4 is 11.8 Å². The fourth-order valence-corrected chi connectivity index (χ4v) is 3.18. The molecule has 0 amide bonds. The summed E-state index contributed by atoms with van der Waals surface area (Å²) in [6, 6.07) is 0. The number of aliphatic hydroxyl groups excluding tert-OH is 2. The van der Waals surface area contributed by atoms with Gasteiger partial charge in [-0.3, -0.25) is 9.59 Å². The van der Waals surface area contributed by atoms with Crippen LogP contribution in [0.1, 0.15) is 51.9 Å². The van der Waals surface area contributed by atoms with Gasteiger partial charge in [-0.1, -0.05) is 55.5 Å². The molecule has 27 heavy (non-hydrogen) atoms. The van der Waals surface area contributed by atoms with Gasteiger partial charge in [0.15, 0.2) is 0 Å². The van der Waals surface area contributed by atoms with Crippen LogP contribution in [0.5, 0.6) is 0 Å². The van der Waals surface area contributed by atoms with Crippen molar-refractivity contribution in [2.24, 2.45) is 11.8 Å². The molecular formula is C22H32O5. The van der Waals surface area contributed by atoms with E-state index in [0.29, 0.717) is 12.8 Å². The molecule has 3 N–H and O–H groups in total. The highest BCUT2D eigenvalue weighted by Gasteiger charge is 2.38. The number of aliphatic hydroxyl groups is 2. The standard InChI is InChI=1S/C22H32O5/c1-2-18-19(21(25)16-20(18)24)15-14-17(23)12-10-8-6-4-3-5-7-9-11-13-22(26)27/h3-4,7-10,14-15,17-20,23-24H,2,5-6,11-13,16H2,1H3,(H,26,27)/b4-3-,9-7-,10-8-,15-14+/t17-,18-,19+,20-/m0/s1. The molecule has 1 aliphatic rings. The molecular weight excluding hydrogens is 344 g/mol. The molecule has 0 aromatic heterocycles. The van der Waals surface area contributed by atoms with Gasteiger partial charge in [0.2, 0.25) is 0 Å². The predicted octanol–water partition coefficient (Wildman–Crippen LogP) is 3.58. The van der Waals surface area contributed by atoms with Gasteiger partial charge in [0, 0.05) is 18.8 Å². The topological polar surface area (TPSA) is 94.8 Å². The molecule has 150 valence electrons. The Morgan fingerprint density at radius 1 is 1.15 bits per heavy atom. The number of allylic oxidation sites excluding steroid dienone is 6. The molecule has 4 atom stereocenters. The Balaban J connectivity index is 2.22. The first-order valence-electron chi connectivity index (χ1n) is 9.69. The monoisotopic (exact) mass is 376 g/mol. The summed E-state index contributed by atoms with van der Waals surface area (Å²) in [5.41, 5.74) is 0. The van der Waals surface area contributed by atoms with Crippen molar-refractivity contribution in [2.75, 3.05) is 0 Å². The zero-order valence-corrected chi connectivity index (χ0v) is 16.0. The lowest BCUT2D eigenvalue weighted by Gasteiger charge is -2.16. The maximum Gasteiger partial charge on any atom is 0.303 e. The fraction of sp³-hybridized carbons (Fsp3) is 0.545. The average molecular weight is 376 g/mol. The predicted molar refractivity (Wildman–Crippen MR) is 106 cm³/mol. The number of rotatable bonds is 12. The highest BCUT2D eigenvalue weighted by molar-refractivity contribution is 5.85. The summed E-state index contributed by atoms with van der Waals surface area (Å²) in [6.45, 7) is 1.96. The van der Waals surface area contributed by atoms with Crippen LogP contribution in [0.3, 0.4) is 0 Å². The lowest BCUT2D eigenvalue weighted by Crippen LogP contribution is -2.18. The van der Waals surface area contributed by atoms with Crippen LogP contribution in [0.2, 0.25) is 0 Å². The van der Waals surface area contributed by atoms with Gasteiger partial charge in [-0.2, -0.15) is 0 Å². The fourth-order valence-electron chi connectivity index (χ4n) is 3.18. The molecule has 0 aromatic carbocycles. The zero-order chi connectivity index (χ0) is 20.1. The van der Waals surface area contributed by atoms with E-state index in [9.17, 15) is 19.8 Å². The van der Waals surface area contributed by atoms with Crippen LogP contribution in [0.4, 0.5) is 0 Å². The number of Topliss-reactive ketones (excluding diaryl/α,β-unsaturated/α-hetero) is 1. The summed E-state index contributed by atoms with van der Waals surface area (Å²) in [7, 11) is 0. The minimum absolute atomic E-state index is 0.0418. The summed E-state index contributed by atoms with van der Waals surface area (Å²) in [5, 5.41) is 28.4. The normalized spacial score (nSPS) is 24.9. The van der Waals surface area contributed by atoms with Gasteiger partial charge in [0.05, 0.1) is 12.2 Å². The van der Waals surface area contributed by atoms with Crippen LogP contribution in [-0.2, 0) is 9.59 Å². The van der Waals surface area contributed by atoms with E-state index >= 15 is 0 Å². The van der Waals surface area contributed by atoms with Crippen LogP contribution in [0, 0.1) is 11.8 Å². The number of carboxylic acid groups (broad SMARTS) is 1. The van der Waals surface area contributed by atoms with E-state index in [1.807, 2.05) is 43.4 Å². The molecule has 0 radical (unpaired) electrons. The Kier molecular flexibility index (Phi) is 11.3. The van der Waals surface area contributed by atoms with Crippen molar-refractivity contribution in [3.05, 3.63) is 48.6 Å². The molecule has 0 aromatic rings. The Morgan fingerprint density at radius 2 is 1.78 bits per heavy atom. The number of hydrogen-bond donors (Lipinski definition) is 3. The van der Waals surface area contributed by atoms with E-state index < -0.39 is 18.2 Å². The Morgan fingerprint density at radius 3 is 2.41 bits per heavy atom. The molecule has 1 saturated carbocycles. The second-order valence-electron chi connectivity index (χ2n) is 6.84. The summed E-state index contributed by atoms with van der Waals surface area (Å²) in [5.74, 6) is -1.06. The van der Waals surface area contributed by atoms with Crippen molar-refractivity contribution < 1.29 is 24.9 Å². The Hall–Kier alpha value is -1.98. The maximum absolute atomic E-state index is 11.9. The molecule has 0 bridgehead atoms. The lowest BCUT2D eigenvalue weighted by atomic mass is 9.91. The van der Waals surface area contributed by atoms with Crippen molar-refractivity contribution in [1.29, 1.82) is 0 Å². The number of hydrogen-bond acceptors (Lipinski definition) is 4. The van der Waals surface area contributed by atoms with Gasteiger partial charge in [-0.05, 0) is 38.0 Å². The van der Waals surface area contributed by atoms with Crippen LogP contribution < -0.4 is 0 Å². The van der Waals surface area contributed by atoms with Crippen LogP contribution in [-0.4, -0.2) is 39.3 Å². The summed E-state index contributed by atoms with van der Waals surface area (Å²) < 4.78 is 0. The number of ketones is 1. The SMILES string of the molecule is CC[C@@H]1[C@@H](O)CC(=O)[C@@H]1/C=C/[C@@H](O)C/C=C\C/C=C\C/C=C\CCC(=O)O. The molecule has 1 aliphatic carbocycles. The highest BCUT2D eigenvalue weighted by atomic mass is 16.4. The first-order chi connectivity index (χ1) is 13.0. The van der Waals surface area contributed by atoms with Gasteiger partial charge in [0.25, 0.3) is 0 Å². The molecule has 0 aliphatic heterocycles. The van der Waals surface area contributed by atoms with Crippen LogP contribution >= 0.6 is 0 Å². The summed E-state index contributed by atoms with van der Waals surface area (Å²) in [6.07, 6.45) is 17.7. The number of carbonyl (C=O) groups excluding carboxylic acids is 1. The molecule has 0 unspecified atom stereocenters. The minimum Gasteiger partial charge on any atom is -0.481 e. The molecule has 0 heterocycles. The third kappa shape index (κ3) is 9.50. The third-order valence-corrected chi connectivity index (χ3v) is 4.70. The van der Waals surface area contributed by atoms with Gasteiger partial charge in [0.1, 0.15) is 5.78 Å². The smallest absolute Gasteiger partial charge is 0.303 e. The Labute approximate surface area is 161 Å². The quantitative estimate of drug-likeness (QED) is 0.453. The van der Waals surface area contributed by atoms with E-state index in [4.69, 9.17) is 5.11 Å². The summed E-state index contributed by atoms with van der Waals surface area (Å²) >= 11 is 0. The lowest BCUT2D eigenvalue weighted by molar-refractivity contribution is -0.136. The molecule has 1 fully saturated rings.